The molecule has 0 saturated carbocycles. The first-order valence-corrected chi connectivity index (χ1v) is 11.7. The van der Waals surface area contributed by atoms with E-state index in [0.717, 1.165) is 44.8 Å². The Kier molecular flexibility index (Phi) is 7.57. The Morgan fingerprint density at radius 3 is 2.90 bits per heavy atom. The standard InChI is InChI=1S/C23H25FN4S2/c1-5-18(27-21-9-17(24)7-6-14(21)2)10-19-12-29-22(28-19)13-30-23-20(11-25)15(3)8-16(4)26-23/h5-9,18-19,27H,1,10,12-13H2,2-4H3. The third-order valence-corrected chi connectivity index (χ3v) is 7.18. The summed E-state index contributed by atoms with van der Waals surface area (Å²) in [5.74, 6) is 1.37. The van der Waals surface area contributed by atoms with Crippen molar-refractivity contribution in [2.24, 2.45) is 4.99 Å². The number of hydrogen-bond donors (Lipinski definition) is 1. The first-order valence-electron chi connectivity index (χ1n) is 9.75. The van der Waals surface area contributed by atoms with Crippen LogP contribution in [0.1, 0.15) is 28.8 Å². The second-order valence-electron chi connectivity index (χ2n) is 7.33. The molecule has 2 unspecified atom stereocenters. The summed E-state index contributed by atoms with van der Waals surface area (Å²) in [6.45, 7) is 9.77. The van der Waals surface area contributed by atoms with Gasteiger partial charge in [-0.2, -0.15) is 5.26 Å². The molecule has 0 amide bonds. The van der Waals surface area contributed by atoms with Gasteiger partial charge in [-0.1, -0.05) is 23.9 Å². The van der Waals surface area contributed by atoms with Crippen molar-refractivity contribution < 1.29 is 4.39 Å². The van der Waals surface area contributed by atoms with Crippen LogP contribution in [0, 0.1) is 37.9 Å². The highest BCUT2D eigenvalue weighted by atomic mass is 32.2. The van der Waals surface area contributed by atoms with E-state index in [4.69, 9.17) is 4.99 Å². The minimum absolute atomic E-state index is 0.0122. The molecule has 1 aromatic heterocycles. The first kappa shape index (κ1) is 22.4. The van der Waals surface area contributed by atoms with Crippen molar-refractivity contribution in [1.82, 2.24) is 4.98 Å². The van der Waals surface area contributed by atoms with E-state index in [2.05, 4.69) is 22.9 Å². The molecule has 7 heteroatoms. The minimum Gasteiger partial charge on any atom is -0.378 e. The number of nitrogens with zero attached hydrogens (tertiary/aromatic N) is 3. The average molecular weight is 441 g/mol. The maximum Gasteiger partial charge on any atom is 0.125 e. The van der Waals surface area contributed by atoms with Gasteiger partial charge in [0.25, 0.3) is 0 Å². The van der Waals surface area contributed by atoms with Crippen LogP contribution >= 0.6 is 23.5 Å². The molecule has 0 aliphatic carbocycles. The lowest BCUT2D eigenvalue weighted by Crippen LogP contribution is -2.23. The van der Waals surface area contributed by atoms with E-state index in [9.17, 15) is 9.65 Å². The SMILES string of the molecule is C=CC(CC1CSC(CSc2nc(C)cc(C)c2C#N)=N1)Nc1cc(F)ccc1C. The molecule has 0 spiro atoms. The molecule has 2 aromatic rings. The lowest BCUT2D eigenvalue weighted by molar-refractivity contribution is 0.625. The topological polar surface area (TPSA) is 61.1 Å². The Balaban J connectivity index is 1.61. The number of halogens is 1. The zero-order chi connectivity index (χ0) is 21.7. The largest absolute Gasteiger partial charge is 0.378 e. The van der Waals surface area contributed by atoms with Crippen LogP contribution in [0.25, 0.3) is 0 Å². The number of aliphatic imine (C=N–C) groups is 1. The van der Waals surface area contributed by atoms with E-state index in [1.165, 1.54) is 12.1 Å². The van der Waals surface area contributed by atoms with E-state index in [1.807, 2.05) is 32.9 Å². The summed E-state index contributed by atoms with van der Waals surface area (Å²) in [6, 6.07) is 9.14. The second kappa shape index (κ2) is 10.1. The quantitative estimate of drug-likeness (QED) is 0.423. The van der Waals surface area contributed by atoms with Crippen molar-refractivity contribution in [2.75, 3.05) is 16.8 Å². The Bertz CT molecular complexity index is 1010. The number of nitriles is 1. The van der Waals surface area contributed by atoms with Gasteiger partial charge in [-0.05, 0) is 56.5 Å². The van der Waals surface area contributed by atoms with E-state index >= 15 is 0 Å². The van der Waals surface area contributed by atoms with Gasteiger partial charge in [-0.3, -0.25) is 4.99 Å². The van der Waals surface area contributed by atoms with Gasteiger partial charge in [0, 0.05) is 28.9 Å². The molecule has 0 radical (unpaired) electrons. The summed E-state index contributed by atoms with van der Waals surface area (Å²) < 4.78 is 13.6. The van der Waals surface area contributed by atoms with Crippen LogP contribution in [-0.2, 0) is 0 Å². The Labute approximate surface area is 186 Å². The van der Waals surface area contributed by atoms with Gasteiger partial charge in [0.1, 0.15) is 16.9 Å². The van der Waals surface area contributed by atoms with Gasteiger partial charge in [-0.15, -0.1) is 18.3 Å². The van der Waals surface area contributed by atoms with Crippen LogP contribution in [-0.4, -0.2) is 33.6 Å². The molecule has 2 atom stereocenters. The maximum absolute atomic E-state index is 13.6. The monoisotopic (exact) mass is 440 g/mol. The molecule has 156 valence electrons. The lowest BCUT2D eigenvalue weighted by Gasteiger charge is -2.19. The fourth-order valence-corrected chi connectivity index (χ4v) is 5.52. The predicted octanol–water partition coefficient (Wildman–Crippen LogP) is 5.68. The molecule has 4 nitrogen and oxygen atoms in total. The average Bonchev–Trinajstić information content (AvgIpc) is 3.15. The molecule has 0 saturated heterocycles. The van der Waals surface area contributed by atoms with Crippen LogP contribution in [0.4, 0.5) is 10.1 Å². The van der Waals surface area contributed by atoms with Crippen molar-refractivity contribution in [2.45, 2.75) is 44.3 Å². The zero-order valence-corrected chi connectivity index (χ0v) is 19.0. The first-order chi connectivity index (χ1) is 14.4. The summed E-state index contributed by atoms with van der Waals surface area (Å²) >= 11 is 3.32. The minimum atomic E-state index is -0.253. The number of pyridine rings is 1. The zero-order valence-electron chi connectivity index (χ0n) is 17.4. The summed E-state index contributed by atoms with van der Waals surface area (Å²) in [5.41, 5.74) is 4.31. The third kappa shape index (κ3) is 5.65. The second-order valence-corrected chi connectivity index (χ2v) is 9.39. The van der Waals surface area contributed by atoms with Gasteiger partial charge in [0.15, 0.2) is 0 Å². The van der Waals surface area contributed by atoms with Crippen LogP contribution in [0.5, 0.6) is 0 Å². The number of rotatable bonds is 8. The van der Waals surface area contributed by atoms with Crippen molar-refractivity contribution >= 4 is 34.3 Å². The molecule has 30 heavy (non-hydrogen) atoms. The molecular weight excluding hydrogens is 415 g/mol. The van der Waals surface area contributed by atoms with Crippen molar-refractivity contribution in [3.05, 3.63) is 65.1 Å². The fourth-order valence-electron chi connectivity index (χ4n) is 3.30. The van der Waals surface area contributed by atoms with Crippen LogP contribution < -0.4 is 5.32 Å². The third-order valence-electron chi connectivity index (χ3n) is 4.88. The van der Waals surface area contributed by atoms with Crippen molar-refractivity contribution in [3.63, 3.8) is 0 Å². The van der Waals surface area contributed by atoms with E-state index in [-0.39, 0.29) is 17.9 Å². The number of nitrogens with one attached hydrogen (secondary N) is 1. The fraction of sp³-hybridized carbons (Fsp3) is 0.348. The highest BCUT2D eigenvalue weighted by molar-refractivity contribution is 8.16. The number of benzene rings is 1. The van der Waals surface area contributed by atoms with E-state index < -0.39 is 0 Å². The molecule has 2 heterocycles. The van der Waals surface area contributed by atoms with Gasteiger partial charge < -0.3 is 5.32 Å². The molecule has 0 bridgehead atoms. The van der Waals surface area contributed by atoms with Crippen LogP contribution in [0.15, 0.2) is 46.9 Å². The Hall–Kier alpha value is -2.30. The maximum atomic E-state index is 13.6. The van der Waals surface area contributed by atoms with E-state index in [1.54, 1.807) is 29.6 Å². The van der Waals surface area contributed by atoms with Crippen molar-refractivity contribution in [3.8, 4) is 6.07 Å². The van der Waals surface area contributed by atoms with Crippen LogP contribution in [0.2, 0.25) is 0 Å². The smallest absolute Gasteiger partial charge is 0.125 e. The van der Waals surface area contributed by atoms with Gasteiger partial charge in [-0.25, -0.2) is 9.37 Å². The summed E-state index contributed by atoms with van der Waals surface area (Å²) in [7, 11) is 0. The number of thioether (sulfide) groups is 2. The molecule has 1 aliphatic rings. The van der Waals surface area contributed by atoms with Gasteiger partial charge in [0.05, 0.1) is 16.6 Å². The molecule has 0 fully saturated rings. The molecule has 1 aliphatic heterocycles. The molecule has 3 rings (SSSR count). The highest BCUT2D eigenvalue weighted by Crippen LogP contribution is 2.29. The van der Waals surface area contributed by atoms with Gasteiger partial charge >= 0.3 is 0 Å². The number of hydrogen-bond acceptors (Lipinski definition) is 6. The molecular formula is C23H25FN4S2. The molecule has 1 aromatic carbocycles. The number of anilines is 1. The predicted molar refractivity (Wildman–Crippen MR) is 126 cm³/mol. The number of aromatic nitrogens is 1. The normalized spacial score (nSPS) is 16.6. The van der Waals surface area contributed by atoms with Crippen LogP contribution in [0.3, 0.4) is 0 Å². The summed E-state index contributed by atoms with van der Waals surface area (Å²) in [5, 5.41) is 14.6. The highest BCUT2D eigenvalue weighted by Gasteiger charge is 2.22. The van der Waals surface area contributed by atoms with Gasteiger partial charge in [0.2, 0.25) is 0 Å². The molecule has 1 N–H and O–H groups in total. The summed E-state index contributed by atoms with van der Waals surface area (Å²) in [4.78, 5) is 9.39. The number of aryl methyl sites for hydroxylation is 3. The Morgan fingerprint density at radius 2 is 2.17 bits per heavy atom. The van der Waals surface area contributed by atoms with Crippen molar-refractivity contribution in [1.29, 1.82) is 5.26 Å². The van der Waals surface area contributed by atoms with E-state index in [0.29, 0.717) is 11.3 Å². The summed E-state index contributed by atoms with van der Waals surface area (Å²) in [6.07, 6.45) is 2.65. The lowest BCUT2D eigenvalue weighted by atomic mass is 10.1. The Morgan fingerprint density at radius 1 is 1.37 bits per heavy atom.